The van der Waals surface area contributed by atoms with Crippen LogP contribution in [0.2, 0.25) is 0 Å². The van der Waals surface area contributed by atoms with E-state index in [9.17, 15) is 19.7 Å². The molecule has 2 rings (SSSR count). The number of non-ortho nitro benzene ring substituents is 1. The highest BCUT2D eigenvalue weighted by atomic mass is 16.6. The number of hydrogen-bond acceptors (Lipinski definition) is 5. The zero-order valence-electron chi connectivity index (χ0n) is 14.0. The summed E-state index contributed by atoms with van der Waals surface area (Å²) in [4.78, 5) is 35.7. The second kappa shape index (κ2) is 8.81. The number of amides is 2. The van der Waals surface area contributed by atoms with Gasteiger partial charge in [0.25, 0.3) is 5.69 Å². The Morgan fingerprint density at radius 2 is 2.28 bits per heavy atom. The molecule has 0 unspecified atom stereocenters. The number of nitrogens with one attached hydrogen (secondary N) is 1. The number of carbonyl (C=O) groups is 2. The summed E-state index contributed by atoms with van der Waals surface area (Å²) in [5.41, 5.74) is 0.562. The van der Waals surface area contributed by atoms with Gasteiger partial charge in [-0.15, -0.1) is 0 Å². The Hall–Kier alpha value is -2.90. The minimum Gasteiger partial charge on any atom is -0.450 e. The first-order valence-corrected chi connectivity index (χ1v) is 8.14. The molecule has 1 aliphatic heterocycles. The number of likely N-dealkylation sites (tertiary alicyclic amines) is 1. The van der Waals surface area contributed by atoms with E-state index in [1.807, 2.05) is 0 Å². The molecule has 0 radical (unpaired) electrons. The Bertz CT molecular complexity index is 674. The van der Waals surface area contributed by atoms with Crippen LogP contribution in [0.5, 0.6) is 0 Å². The van der Waals surface area contributed by atoms with Gasteiger partial charge < -0.3 is 15.0 Å². The van der Waals surface area contributed by atoms with E-state index in [4.69, 9.17) is 4.74 Å². The maximum absolute atomic E-state index is 12.3. The highest BCUT2D eigenvalue weighted by molar-refractivity contribution is 5.92. The lowest BCUT2D eigenvalue weighted by Crippen LogP contribution is -2.49. The quantitative estimate of drug-likeness (QED) is 0.500. The van der Waals surface area contributed by atoms with Gasteiger partial charge in [-0.2, -0.15) is 0 Å². The minimum atomic E-state index is -0.478. The molecular formula is C17H21N3O5. The molecule has 1 aromatic carbocycles. The smallest absolute Gasteiger partial charge is 0.407 e. The molecule has 1 saturated heterocycles. The number of ether oxygens (including phenoxy) is 1. The maximum atomic E-state index is 12.3. The Balaban J connectivity index is 1.94. The normalized spacial score (nSPS) is 17.3. The van der Waals surface area contributed by atoms with E-state index in [2.05, 4.69) is 5.32 Å². The zero-order chi connectivity index (χ0) is 18.2. The molecule has 0 spiro atoms. The SMILES string of the molecule is CCOC(=O)N[C@H]1CCCN(C(=O)/C=C\c2cccc([N+](=O)[O-])c2)C1. The van der Waals surface area contributed by atoms with Crippen LogP contribution in [0.25, 0.3) is 6.08 Å². The molecule has 0 aliphatic carbocycles. The number of carbonyl (C=O) groups excluding carboxylic acids is 2. The number of nitrogens with zero attached hydrogens (tertiary/aromatic N) is 2. The Kier molecular flexibility index (Phi) is 6.50. The molecule has 0 saturated carbocycles. The number of piperidine rings is 1. The second-order valence-electron chi connectivity index (χ2n) is 5.67. The molecule has 1 fully saturated rings. The van der Waals surface area contributed by atoms with Crippen molar-refractivity contribution in [2.75, 3.05) is 19.7 Å². The fraction of sp³-hybridized carbons (Fsp3) is 0.412. The first-order valence-electron chi connectivity index (χ1n) is 8.14. The molecule has 1 N–H and O–H groups in total. The summed E-state index contributed by atoms with van der Waals surface area (Å²) in [5, 5.41) is 13.5. The molecule has 0 bridgehead atoms. The van der Waals surface area contributed by atoms with Gasteiger partial charge in [0, 0.05) is 37.3 Å². The van der Waals surface area contributed by atoms with Gasteiger partial charge in [-0.1, -0.05) is 12.1 Å². The lowest BCUT2D eigenvalue weighted by molar-refractivity contribution is -0.384. The molecule has 2 amide bonds. The van der Waals surface area contributed by atoms with Gasteiger partial charge in [0.1, 0.15) is 0 Å². The monoisotopic (exact) mass is 347 g/mol. The van der Waals surface area contributed by atoms with Crippen LogP contribution < -0.4 is 5.32 Å². The molecule has 8 heteroatoms. The number of alkyl carbamates (subject to hydrolysis) is 1. The topological polar surface area (TPSA) is 102 Å². The van der Waals surface area contributed by atoms with Crippen molar-refractivity contribution in [3.8, 4) is 0 Å². The lowest BCUT2D eigenvalue weighted by Gasteiger charge is -2.32. The maximum Gasteiger partial charge on any atom is 0.407 e. The Labute approximate surface area is 145 Å². The largest absolute Gasteiger partial charge is 0.450 e. The summed E-state index contributed by atoms with van der Waals surface area (Å²) in [6.07, 6.45) is 4.04. The Morgan fingerprint density at radius 3 is 3.00 bits per heavy atom. The number of nitro benzene ring substituents is 1. The van der Waals surface area contributed by atoms with Crippen molar-refractivity contribution in [3.63, 3.8) is 0 Å². The molecule has 1 aromatic rings. The highest BCUT2D eigenvalue weighted by Gasteiger charge is 2.23. The molecule has 8 nitrogen and oxygen atoms in total. The zero-order valence-corrected chi connectivity index (χ0v) is 14.0. The summed E-state index contributed by atoms with van der Waals surface area (Å²) >= 11 is 0. The third-order valence-electron chi connectivity index (χ3n) is 3.83. The second-order valence-corrected chi connectivity index (χ2v) is 5.67. The van der Waals surface area contributed by atoms with E-state index in [0.717, 1.165) is 12.8 Å². The van der Waals surface area contributed by atoms with E-state index >= 15 is 0 Å². The molecule has 1 heterocycles. The number of hydrogen-bond donors (Lipinski definition) is 1. The number of nitro groups is 1. The minimum absolute atomic E-state index is 0.0220. The third kappa shape index (κ3) is 5.59. The van der Waals surface area contributed by atoms with Gasteiger partial charge in [0.2, 0.25) is 5.91 Å². The van der Waals surface area contributed by atoms with Crippen LogP contribution in [0, 0.1) is 10.1 Å². The van der Waals surface area contributed by atoms with E-state index in [-0.39, 0.29) is 17.6 Å². The van der Waals surface area contributed by atoms with Crippen LogP contribution in [0.15, 0.2) is 30.3 Å². The Morgan fingerprint density at radius 1 is 1.48 bits per heavy atom. The lowest BCUT2D eigenvalue weighted by atomic mass is 10.1. The van der Waals surface area contributed by atoms with Crippen LogP contribution in [-0.4, -0.2) is 47.6 Å². The van der Waals surface area contributed by atoms with Gasteiger partial charge in [-0.3, -0.25) is 14.9 Å². The fourth-order valence-corrected chi connectivity index (χ4v) is 2.65. The van der Waals surface area contributed by atoms with Crippen molar-refractivity contribution in [2.45, 2.75) is 25.8 Å². The predicted molar refractivity (Wildman–Crippen MR) is 91.9 cm³/mol. The van der Waals surface area contributed by atoms with Crippen molar-refractivity contribution in [1.29, 1.82) is 0 Å². The van der Waals surface area contributed by atoms with Crippen LogP contribution in [0.1, 0.15) is 25.3 Å². The van der Waals surface area contributed by atoms with Crippen LogP contribution in [0.4, 0.5) is 10.5 Å². The standard InChI is InChI=1S/C17H21N3O5/c1-2-25-17(22)18-14-6-4-10-19(12-14)16(21)9-8-13-5-3-7-15(11-13)20(23)24/h3,5,7-9,11,14H,2,4,6,10,12H2,1H3,(H,18,22)/b9-8-/t14-/m0/s1. The van der Waals surface area contributed by atoms with Crippen LogP contribution >= 0.6 is 0 Å². The number of benzene rings is 1. The van der Waals surface area contributed by atoms with Gasteiger partial charge in [0.15, 0.2) is 0 Å². The van der Waals surface area contributed by atoms with Crippen molar-refractivity contribution in [2.24, 2.45) is 0 Å². The van der Waals surface area contributed by atoms with Crippen LogP contribution in [0.3, 0.4) is 0 Å². The molecule has 1 atom stereocenters. The van der Waals surface area contributed by atoms with E-state index in [0.29, 0.717) is 25.3 Å². The van der Waals surface area contributed by atoms with Crippen LogP contribution in [-0.2, 0) is 9.53 Å². The van der Waals surface area contributed by atoms with E-state index in [1.54, 1.807) is 30.0 Å². The van der Waals surface area contributed by atoms with Crippen molar-refractivity contribution >= 4 is 23.8 Å². The van der Waals surface area contributed by atoms with Gasteiger partial charge in [-0.05, 0) is 31.4 Å². The van der Waals surface area contributed by atoms with Crippen molar-refractivity contribution in [3.05, 3.63) is 46.0 Å². The average Bonchev–Trinajstić information content (AvgIpc) is 2.60. The summed E-state index contributed by atoms with van der Waals surface area (Å²) < 4.78 is 4.85. The third-order valence-corrected chi connectivity index (χ3v) is 3.83. The van der Waals surface area contributed by atoms with E-state index < -0.39 is 11.0 Å². The molecule has 0 aromatic heterocycles. The summed E-state index contributed by atoms with van der Waals surface area (Å²) in [6.45, 7) is 3.05. The van der Waals surface area contributed by atoms with E-state index in [1.165, 1.54) is 18.2 Å². The van der Waals surface area contributed by atoms with Gasteiger partial charge >= 0.3 is 6.09 Å². The average molecular weight is 347 g/mol. The first kappa shape index (κ1) is 18.4. The predicted octanol–water partition coefficient (Wildman–Crippen LogP) is 2.35. The number of rotatable bonds is 5. The van der Waals surface area contributed by atoms with Gasteiger partial charge in [-0.25, -0.2) is 4.79 Å². The molecule has 1 aliphatic rings. The summed E-state index contributed by atoms with van der Waals surface area (Å²) in [5.74, 6) is -0.193. The fourth-order valence-electron chi connectivity index (χ4n) is 2.65. The first-order chi connectivity index (χ1) is 12.0. The van der Waals surface area contributed by atoms with Crippen molar-refractivity contribution < 1.29 is 19.2 Å². The van der Waals surface area contributed by atoms with Crippen molar-refractivity contribution in [1.82, 2.24) is 10.2 Å². The molecular weight excluding hydrogens is 326 g/mol. The van der Waals surface area contributed by atoms with Gasteiger partial charge in [0.05, 0.1) is 11.5 Å². The highest BCUT2D eigenvalue weighted by Crippen LogP contribution is 2.15. The summed E-state index contributed by atoms with van der Waals surface area (Å²) in [7, 11) is 0. The molecule has 134 valence electrons. The summed E-state index contributed by atoms with van der Waals surface area (Å²) in [6, 6.07) is 5.93. The molecule has 25 heavy (non-hydrogen) atoms.